The van der Waals surface area contributed by atoms with Gasteiger partial charge in [0.25, 0.3) is 0 Å². The van der Waals surface area contributed by atoms with Crippen molar-refractivity contribution in [2.24, 2.45) is 0 Å². The van der Waals surface area contributed by atoms with Gasteiger partial charge in [-0.25, -0.2) is 4.79 Å². The standard InChI is InChI=1S/C16H32O3.Ti/c1-2-3-4-5-6-7-8-9-10-11-12-13-14-15(17)16(18)19;/h15,17H,2-14H2,1H3,(H,18,19);. The van der Waals surface area contributed by atoms with Crippen LogP contribution in [0, 0.1) is 0 Å². The first kappa shape index (κ1) is 22.4. The summed E-state index contributed by atoms with van der Waals surface area (Å²) in [5.41, 5.74) is 0. The molecular formula is C16H32O3Ti. The SMILES string of the molecule is CCCCCCCCCCCCCCC(O)C(=O)O.[Ti]. The summed E-state index contributed by atoms with van der Waals surface area (Å²) in [7, 11) is 0. The van der Waals surface area contributed by atoms with Crippen LogP contribution in [-0.2, 0) is 26.5 Å². The van der Waals surface area contributed by atoms with E-state index in [0.29, 0.717) is 6.42 Å². The Morgan fingerprint density at radius 3 is 1.50 bits per heavy atom. The summed E-state index contributed by atoms with van der Waals surface area (Å²) in [4.78, 5) is 10.4. The summed E-state index contributed by atoms with van der Waals surface area (Å²) in [5, 5.41) is 17.6. The van der Waals surface area contributed by atoms with Gasteiger partial charge in [-0.3, -0.25) is 0 Å². The van der Waals surface area contributed by atoms with Gasteiger partial charge in [0.15, 0.2) is 6.10 Å². The molecule has 1 unspecified atom stereocenters. The minimum atomic E-state index is -1.16. The number of aliphatic hydroxyl groups excluding tert-OH is 1. The van der Waals surface area contributed by atoms with Gasteiger partial charge in [-0.1, -0.05) is 84.0 Å². The molecule has 118 valence electrons. The first-order chi connectivity index (χ1) is 9.18. The number of hydrogen-bond donors (Lipinski definition) is 2. The fourth-order valence-corrected chi connectivity index (χ4v) is 2.30. The van der Waals surface area contributed by atoms with E-state index in [-0.39, 0.29) is 21.7 Å². The van der Waals surface area contributed by atoms with Crippen LogP contribution in [0.25, 0.3) is 0 Å². The summed E-state index contributed by atoms with van der Waals surface area (Å²) >= 11 is 0. The molecule has 0 aromatic rings. The molecule has 4 heteroatoms. The molecule has 0 fully saturated rings. The van der Waals surface area contributed by atoms with Crippen molar-refractivity contribution in [3.05, 3.63) is 0 Å². The topological polar surface area (TPSA) is 57.5 Å². The van der Waals surface area contributed by atoms with Crippen molar-refractivity contribution < 1.29 is 36.7 Å². The molecule has 0 aliphatic heterocycles. The Morgan fingerprint density at radius 2 is 1.15 bits per heavy atom. The monoisotopic (exact) mass is 320 g/mol. The number of carboxylic acid groups (broad SMARTS) is 1. The molecule has 0 aliphatic rings. The molecule has 0 aromatic heterocycles. The van der Waals surface area contributed by atoms with Crippen LogP contribution in [0.1, 0.15) is 90.4 Å². The first-order valence-electron chi connectivity index (χ1n) is 8.09. The normalized spacial score (nSPS) is 11.9. The number of aliphatic carboxylic acids is 1. The smallest absolute Gasteiger partial charge is 0.332 e. The number of carbonyl (C=O) groups is 1. The molecule has 0 saturated heterocycles. The zero-order valence-electron chi connectivity index (χ0n) is 13.1. The Balaban J connectivity index is 0. The Hall–Kier alpha value is 0.144. The summed E-state index contributed by atoms with van der Waals surface area (Å²) in [6, 6.07) is 0. The first-order valence-corrected chi connectivity index (χ1v) is 8.09. The molecular weight excluding hydrogens is 288 g/mol. The average Bonchev–Trinajstić information content (AvgIpc) is 2.39. The molecule has 0 aliphatic carbocycles. The summed E-state index contributed by atoms with van der Waals surface area (Å²) < 4.78 is 0. The fraction of sp³-hybridized carbons (Fsp3) is 0.938. The van der Waals surface area contributed by atoms with Crippen molar-refractivity contribution in [3.8, 4) is 0 Å². The van der Waals surface area contributed by atoms with Crippen LogP contribution in [0.2, 0.25) is 0 Å². The van der Waals surface area contributed by atoms with E-state index >= 15 is 0 Å². The van der Waals surface area contributed by atoms with Gasteiger partial charge in [0.2, 0.25) is 0 Å². The van der Waals surface area contributed by atoms with Gasteiger partial charge in [0.1, 0.15) is 0 Å². The average molecular weight is 320 g/mol. The predicted molar refractivity (Wildman–Crippen MR) is 79.3 cm³/mol. The van der Waals surface area contributed by atoms with E-state index in [1.54, 1.807) is 0 Å². The molecule has 3 nitrogen and oxygen atoms in total. The summed E-state index contributed by atoms with van der Waals surface area (Å²) in [6.07, 6.45) is 14.4. The van der Waals surface area contributed by atoms with Gasteiger partial charge < -0.3 is 10.2 Å². The van der Waals surface area contributed by atoms with E-state index in [1.807, 2.05) is 0 Å². The van der Waals surface area contributed by atoms with Gasteiger partial charge in [-0.2, -0.15) is 0 Å². The Kier molecular flexibility index (Phi) is 19.3. The van der Waals surface area contributed by atoms with Gasteiger partial charge in [-0.15, -0.1) is 0 Å². The molecule has 0 aromatic carbocycles. The van der Waals surface area contributed by atoms with Gasteiger partial charge >= 0.3 is 5.97 Å². The van der Waals surface area contributed by atoms with Gasteiger partial charge in [0.05, 0.1) is 0 Å². The number of aliphatic hydroxyl groups is 1. The zero-order chi connectivity index (χ0) is 14.3. The molecule has 0 radical (unpaired) electrons. The largest absolute Gasteiger partial charge is 0.479 e. The minimum absolute atomic E-state index is 0. The molecule has 1 atom stereocenters. The van der Waals surface area contributed by atoms with Crippen molar-refractivity contribution in [2.75, 3.05) is 0 Å². The predicted octanol–water partition coefficient (Wildman–Crippen LogP) is 4.52. The molecule has 0 spiro atoms. The second-order valence-electron chi connectivity index (χ2n) is 5.53. The van der Waals surface area contributed by atoms with Crippen LogP contribution >= 0.6 is 0 Å². The Morgan fingerprint density at radius 1 is 0.800 bits per heavy atom. The Labute approximate surface area is 139 Å². The van der Waals surface area contributed by atoms with Crippen LogP contribution < -0.4 is 0 Å². The third kappa shape index (κ3) is 16.2. The van der Waals surface area contributed by atoms with Crippen LogP contribution in [-0.4, -0.2) is 22.3 Å². The number of carboxylic acids is 1. The summed E-state index contributed by atoms with van der Waals surface area (Å²) in [5.74, 6) is -1.09. The Bertz CT molecular complexity index is 210. The van der Waals surface area contributed by atoms with Crippen molar-refractivity contribution in [1.29, 1.82) is 0 Å². The molecule has 0 bridgehead atoms. The van der Waals surface area contributed by atoms with Crippen LogP contribution in [0.5, 0.6) is 0 Å². The van der Waals surface area contributed by atoms with Crippen LogP contribution in [0.3, 0.4) is 0 Å². The van der Waals surface area contributed by atoms with Crippen molar-refractivity contribution in [3.63, 3.8) is 0 Å². The third-order valence-electron chi connectivity index (χ3n) is 3.62. The molecule has 20 heavy (non-hydrogen) atoms. The van der Waals surface area contributed by atoms with Crippen molar-refractivity contribution >= 4 is 5.97 Å². The molecule has 0 saturated carbocycles. The van der Waals surface area contributed by atoms with Crippen LogP contribution in [0.15, 0.2) is 0 Å². The molecule has 0 heterocycles. The molecule has 2 N–H and O–H groups in total. The fourth-order valence-electron chi connectivity index (χ4n) is 2.30. The van der Waals surface area contributed by atoms with Gasteiger partial charge in [0, 0.05) is 21.7 Å². The van der Waals surface area contributed by atoms with E-state index in [4.69, 9.17) is 10.2 Å². The zero-order valence-corrected chi connectivity index (χ0v) is 14.6. The van der Waals surface area contributed by atoms with Crippen LogP contribution in [0.4, 0.5) is 0 Å². The van der Waals surface area contributed by atoms with Crippen molar-refractivity contribution in [2.45, 2.75) is 96.5 Å². The van der Waals surface area contributed by atoms with E-state index < -0.39 is 12.1 Å². The minimum Gasteiger partial charge on any atom is -0.479 e. The third-order valence-corrected chi connectivity index (χ3v) is 3.62. The number of rotatable bonds is 14. The quantitative estimate of drug-likeness (QED) is 0.365. The van der Waals surface area contributed by atoms with E-state index in [9.17, 15) is 4.79 Å². The van der Waals surface area contributed by atoms with Crippen molar-refractivity contribution in [1.82, 2.24) is 0 Å². The maximum absolute atomic E-state index is 10.4. The maximum atomic E-state index is 10.4. The maximum Gasteiger partial charge on any atom is 0.332 e. The summed E-state index contributed by atoms with van der Waals surface area (Å²) in [6.45, 7) is 2.25. The van der Waals surface area contributed by atoms with E-state index in [2.05, 4.69) is 6.92 Å². The molecule has 0 amide bonds. The number of hydrogen-bond acceptors (Lipinski definition) is 2. The second kappa shape index (κ2) is 17.2. The van der Waals surface area contributed by atoms with E-state index in [1.165, 1.54) is 64.2 Å². The van der Waals surface area contributed by atoms with E-state index in [0.717, 1.165) is 12.8 Å². The van der Waals surface area contributed by atoms with Gasteiger partial charge in [-0.05, 0) is 6.42 Å². The molecule has 0 rings (SSSR count). The second-order valence-corrected chi connectivity index (χ2v) is 5.53. The number of unbranched alkanes of at least 4 members (excludes halogenated alkanes) is 11.